The van der Waals surface area contributed by atoms with Crippen molar-refractivity contribution >= 4 is 17.7 Å². The highest BCUT2D eigenvalue weighted by atomic mass is 32.2. The molecule has 0 saturated heterocycles. The minimum absolute atomic E-state index is 0.0325. The standard InChI is InChI=1S/C12H21N3O2S/c1-4-7-15-11(9(5-2)6-3)13-14-12(15)18-8-10(16)17/h9H,4-8H2,1-3H3,(H,16,17). The van der Waals surface area contributed by atoms with Gasteiger partial charge in [0.1, 0.15) is 5.82 Å². The quantitative estimate of drug-likeness (QED) is 0.736. The van der Waals surface area contributed by atoms with E-state index in [1.165, 1.54) is 11.8 Å². The van der Waals surface area contributed by atoms with E-state index in [1.54, 1.807) is 0 Å². The molecule has 1 heterocycles. The van der Waals surface area contributed by atoms with E-state index in [-0.39, 0.29) is 5.75 Å². The van der Waals surface area contributed by atoms with Gasteiger partial charge in [-0.2, -0.15) is 0 Å². The molecule has 0 aromatic carbocycles. The summed E-state index contributed by atoms with van der Waals surface area (Å²) in [5.74, 6) is 0.609. The predicted octanol–water partition coefficient (Wildman–Crippen LogP) is 2.77. The maximum Gasteiger partial charge on any atom is 0.313 e. The third-order valence-corrected chi connectivity index (χ3v) is 3.82. The summed E-state index contributed by atoms with van der Waals surface area (Å²) in [6.45, 7) is 7.23. The van der Waals surface area contributed by atoms with Crippen LogP contribution >= 0.6 is 11.8 Å². The molecule has 6 heteroatoms. The Morgan fingerprint density at radius 3 is 2.50 bits per heavy atom. The van der Waals surface area contributed by atoms with Gasteiger partial charge in [-0.3, -0.25) is 4.79 Å². The summed E-state index contributed by atoms with van der Waals surface area (Å²) >= 11 is 1.24. The number of nitrogens with zero attached hydrogens (tertiary/aromatic N) is 3. The first kappa shape index (κ1) is 15.0. The molecule has 1 aromatic heterocycles. The van der Waals surface area contributed by atoms with E-state index in [0.29, 0.717) is 5.92 Å². The number of hydrogen-bond donors (Lipinski definition) is 1. The van der Waals surface area contributed by atoms with Crippen LogP contribution in [0, 0.1) is 0 Å². The average molecular weight is 271 g/mol. The van der Waals surface area contributed by atoms with Crippen molar-refractivity contribution in [3.63, 3.8) is 0 Å². The molecule has 0 fully saturated rings. The molecule has 0 unspecified atom stereocenters. The van der Waals surface area contributed by atoms with Crippen LogP contribution in [-0.2, 0) is 11.3 Å². The van der Waals surface area contributed by atoms with Crippen LogP contribution in [0.3, 0.4) is 0 Å². The Labute approximate surface area is 112 Å². The first-order valence-corrected chi connectivity index (χ1v) is 7.40. The van der Waals surface area contributed by atoms with Gasteiger partial charge < -0.3 is 9.67 Å². The van der Waals surface area contributed by atoms with E-state index in [0.717, 1.165) is 36.8 Å². The van der Waals surface area contributed by atoms with Crippen molar-refractivity contribution in [1.29, 1.82) is 0 Å². The van der Waals surface area contributed by atoms with Crippen molar-refractivity contribution in [2.24, 2.45) is 0 Å². The zero-order valence-electron chi connectivity index (χ0n) is 11.2. The molecule has 0 aliphatic carbocycles. The van der Waals surface area contributed by atoms with Gasteiger partial charge in [-0.15, -0.1) is 10.2 Å². The lowest BCUT2D eigenvalue weighted by Gasteiger charge is -2.14. The summed E-state index contributed by atoms with van der Waals surface area (Å²) in [5, 5.41) is 17.8. The molecule has 0 atom stereocenters. The number of carbonyl (C=O) groups is 1. The highest BCUT2D eigenvalue weighted by molar-refractivity contribution is 7.99. The van der Waals surface area contributed by atoms with Gasteiger partial charge in [0.2, 0.25) is 0 Å². The Kier molecular flexibility index (Phi) is 6.18. The van der Waals surface area contributed by atoms with E-state index < -0.39 is 5.97 Å². The maximum absolute atomic E-state index is 10.6. The Bertz CT molecular complexity index is 389. The lowest BCUT2D eigenvalue weighted by atomic mass is 10.0. The molecule has 0 saturated carbocycles. The van der Waals surface area contributed by atoms with E-state index in [1.807, 2.05) is 0 Å². The molecule has 0 bridgehead atoms. The third-order valence-electron chi connectivity index (χ3n) is 2.87. The predicted molar refractivity (Wildman–Crippen MR) is 72.0 cm³/mol. The molecule has 1 rings (SSSR count). The van der Waals surface area contributed by atoms with Crippen molar-refractivity contribution in [2.75, 3.05) is 5.75 Å². The van der Waals surface area contributed by atoms with Crippen molar-refractivity contribution in [3.05, 3.63) is 5.82 Å². The van der Waals surface area contributed by atoms with Crippen molar-refractivity contribution in [2.45, 2.75) is 57.7 Å². The first-order chi connectivity index (χ1) is 8.63. The molecule has 18 heavy (non-hydrogen) atoms. The number of aliphatic carboxylic acids is 1. The Morgan fingerprint density at radius 1 is 1.33 bits per heavy atom. The van der Waals surface area contributed by atoms with Crippen LogP contribution in [0.25, 0.3) is 0 Å². The molecular formula is C12H21N3O2S. The van der Waals surface area contributed by atoms with Crippen LogP contribution in [0.2, 0.25) is 0 Å². The zero-order chi connectivity index (χ0) is 13.5. The summed E-state index contributed by atoms with van der Waals surface area (Å²) in [5.41, 5.74) is 0. The lowest BCUT2D eigenvalue weighted by Crippen LogP contribution is -2.10. The van der Waals surface area contributed by atoms with Crippen LogP contribution in [0.1, 0.15) is 51.8 Å². The van der Waals surface area contributed by atoms with Crippen molar-refractivity contribution in [1.82, 2.24) is 14.8 Å². The molecule has 1 N–H and O–H groups in total. The van der Waals surface area contributed by atoms with E-state index >= 15 is 0 Å². The highest BCUT2D eigenvalue weighted by Crippen LogP contribution is 2.26. The second-order valence-electron chi connectivity index (χ2n) is 4.19. The molecular weight excluding hydrogens is 250 g/mol. The molecule has 0 aliphatic heterocycles. The Morgan fingerprint density at radius 2 is 2.00 bits per heavy atom. The molecule has 0 amide bonds. The fraction of sp³-hybridized carbons (Fsp3) is 0.750. The Hall–Kier alpha value is -1.04. The first-order valence-electron chi connectivity index (χ1n) is 6.41. The number of carboxylic acids is 1. The summed E-state index contributed by atoms with van der Waals surface area (Å²) < 4.78 is 2.07. The molecule has 0 radical (unpaired) electrons. The van der Waals surface area contributed by atoms with E-state index in [2.05, 4.69) is 35.5 Å². The topological polar surface area (TPSA) is 68.0 Å². The van der Waals surface area contributed by atoms with Gasteiger partial charge in [-0.05, 0) is 19.3 Å². The number of rotatable bonds is 8. The monoisotopic (exact) mass is 271 g/mol. The van der Waals surface area contributed by atoms with Crippen LogP contribution in [0.15, 0.2) is 5.16 Å². The van der Waals surface area contributed by atoms with Crippen LogP contribution < -0.4 is 0 Å². The van der Waals surface area contributed by atoms with Gasteiger partial charge in [0.15, 0.2) is 5.16 Å². The fourth-order valence-electron chi connectivity index (χ4n) is 1.92. The van der Waals surface area contributed by atoms with Crippen molar-refractivity contribution in [3.8, 4) is 0 Å². The molecule has 1 aromatic rings. The summed E-state index contributed by atoms with van der Waals surface area (Å²) in [7, 11) is 0. The van der Waals surface area contributed by atoms with Gasteiger partial charge in [0.25, 0.3) is 0 Å². The van der Waals surface area contributed by atoms with E-state index in [4.69, 9.17) is 5.11 Å². The summed E-state index contributed by atoms with van der Waals surface area (Å²) in [6.07, 6.45) is 3.05. The molecule has 5 nitrogen and oxygen atoms in total. The third kappa shape index (κ3) is 3.73. The van der Waals surface area contributed by atoms with Crippen LogP contribution in [0.4, 0.5) is 0 Å². The Balaban J connectivity index is 2.94. The minimum Gasteiger partial charge on any atom is -0.481 e. The van der Waals surface area contributed by atoms with Crippen LogP contribution in [-0.4, -0.2) is 31.6 Å². The summed E-state index contributed by atoms with van der Waals surface area (Å²) in [6, 6.07) is 0. The second-order valence-corrected chi connectivity index (χ2v) is 5.13. The second kappa shape index (κ2) is 7.41. The molecule has 0 spiro atoms. The van der Waals surface area contributed by atoms with Crippen LogP contribution in [0.5, 0.6) is 0 Å². The number of aromatic nitrogens is 3. The largest absolute Gasteiger partial charge is 0.481 e. The normalized spacial score (nSPS) is 11.1. The van der Waals surface area contributed by atoms with Gasteiger partial charge in [-0.1, -0.05) is 32.5 Å². The zero-order valence-corrected chi connectivity index (χ0v) is 12.0. The van der Waals surface area contributed by atoms with Gasteiger partial charge in [0.05, 0.1) is 5.75 Å². The maximum atomic E-state index is 10.6. The molecule has 0 aliphatic rings. The minimum atomic E-state index is -0.824. The van der Waals surface area contributed by atoms with Crippen molar-refractivity contribution < 1.29 is 9.90 Å². The SMILES string of the molecule is CCCn1c(SCC(=O)O)nnc1C(CC)CC. The summed E-state index contributed by atoms with van der Waals surface area (Å²) in [4.78, 5) is 10.6. The number of thioether (sulfide) groups is 1. The number of carboxylic acid groups (broad SMARTS) is 1. The van der Waals surface area contributed by atoms with E-state index in [9.17, 15) is 4.79 Å². The van der Waals surface area contributed by atoms with Gasteiger partial charge in [-0.25, -0.2) is 0 Å². The fourth-order valence-corrected chi connectivity index (χ4v) is 2.61. The average Bonchev–Trinajstić information content (AvgIpc) is 2.73. The smallest absolute Gasteiger partial charge is 0.313 e. The number of hydrogen-bond acceptors (Lipinski definition) is 4. The van der Waals surface area contributed by atoms with Gasteiger partial charge in [0, 0.05) is 12.5 Å². The lowest BCUT2D eigenvalue weighted by molar-refractivity contribution is -0.133. The highest BCUT2D eigenvalue weighted by Gasteiger charge is 2.18. The molecule has 102 valence electrons. The van der Waals surface area contributed by atoms with Gasteiger partial charge >= 0.3 is 5.97 Å².